The van der Waals surface area contributed by atoms with Crippen LogP contribution < -0.4 is 11.1 Å². The summed E-state index contributed by atoms with van der Waals surface area (Å²) in [5.41, 5.74) is 8.56. The summed E-state index contributed by atoms with van der Waals surface area (Å²) in [7, 11) is 0. The minimum atomic E-state index is -0.255. The molecule has 20 heavy (non-hydrogen) atoms. The Morgan fingerprint density at radius 1 is 1.05 bits per heavy atom. The van der Waals surface area contributed by atoms with Gasteiger partial charge < -0.3 is 11.1 Å². The smallest absolute Gasteiger partial charge is 0.256 e. The maximum atomic E-state index is 12.2. The lowest BCUT2D eigenvalue weighted by Gasteiger charge is -1.99. The number of amides is 1. The van der Waals surface area contributed by atoms with Crippen molar-refractivity contribution in [2.75, 3.05) is 11.1 Å². The standard InChI is InChI=1S/C16H12N2O2/c17-11-7-5-10(6-8-11)15(19)9-13-12-3-1-2-4-14(12)18-16(13)20/h1-9H,17H2,(H,18,20)/b13-9+. The third-order valence-corrected chi connectivity index (χ3v) is 3.18. The van der Waals surface area contributed by atoms with Gasteiger partial charge in [-0.3, -0.25) is 9.59 Å². The number of carbonyl (C=O) groups excluding carboxylic acids is 2. The normalized spacial score (nSPS) is 15.0. The highest BCUT2D eigenvalue weighted by Crippen LogP contribution is 2.31. The number of nitrogens with one attached hydrogen (secondary N) is 1. The molecule has 3 N–H and O–H groups in total. The molecule has 1 aliphatic heterocycles. The molecule has 0 radical (unpaired) electrons. The van der Waals surface area contributed by atoms with E-state index in [-0.39, 0.29) is 11.7 Å². The maximum Gasteiger partial charge on any atom is 0.256 e. The minimum absolute atomic E-state index is 0.216. The van der Waals surface area contributed by atoms with Crippen molar-refractivity contribution >= 4 is 28.6 Å². The third kappa shape index (κ3) is 2.07. The first-order valence-corrected chi connectivity index (χ1v) is 6.17. The second-order valence-corrected chi connectivity index (χ2v) is 4.54. The maximum absolute atomic E-state index is 12.2. The van der Waals surface area contributed by atoms with E-state index in [1.807, 2.05) is 24.3 Å². The average molecular weight is 264 g/mol. The van der Waals surface area contributed by atoms with E-state index in [0.717, 1.165) is 11.3 Å². The molecule has 0 unspecified atom stereocenters. The molecule has 0 saturated heterocycles. The quantitative estimate of drug-likeness (QED) is 0.497. The van der Waals surface area contributed by atoms with Gasteiger partial charge in [-0.1, -0.05) is 18.2 Å². The Balaban J connectivity index is 1.98. The molecule has 1 amide bonds. The molecule has 0 aliphatic carbocycles. The fourth-order valence-electron chi connectivity index (χ4n) is 2.14. The Morgan fingerprint density at radius 3 is 2.50 bits per heavy atom. The lowest BCUT2D eigenvalue weighted by molar-refractivity contribution is -0.110. The van der Waals surface area contributed by atoms with E-state index < -0.39 is 0 Å². The molecule has 1 heterocycles. The Bertz CT molecular complexity index is 730. The van der Waals surface area contributed by atoms with Gasteiger partial charge in [0, 0.05) is 22.5 Å². The number of ketones is 1. The number of hydrogen-bond donors (Lipinski definition) is 2. The zero-order chi connectivity index (χ0) is 14.1. The molecule has 0 spiro atoms. The van der Waals surface area contributed by atoms with Gasteiger partial charge in [0.05, 0.1) is 5.57 Å². The summed E-state index contributed by atoms with van der Waals surface area (Å²) in [6.45, 7) is 0. The van der Waals surface area contributed by atoms with E-state index in [4.69, 9.17) is 5.73 Å². The predicted molar refractivity (Wildman–Crippen MR) is 78.2 cm³/mol. The third-order valence-electron chi connectivity index (χ3n) is 3.18. The van der Waals surface area contributed by atoms with Crippen LogP contribution in [0, 0.1) is 0 Å². The van der Waals surface area contributed by atoms with Crippen LogP contribution in [0.15, 0.2) is 54.6 Å². The van der Waals surface area contributed by atoms with Crippen molar-refractivity contribution in [3.63, 3.8) is 0 Å². The van der Waals surface area contributed by atoms with Crippen LogP contribution >= 0.6 is 0 Å². The number of fused-ring (bicyclic) bond motifs is 1. The lowest BCUT2D eigenvalue weighted by atomic mass is 10.0. The average Bonchev–Trinajstić information content (AvgIpc) is 2.76. The Hall–Kier alpha value is -2.88. The molecule has 0 fully saturated rings. The summed E-state index contributed by atoms with van der Waals surface area (Å²) in [5, 5.41) is 2.73. The van der Waals surface area contributed by atoms with Crippen LogP contribution in [0.1, 0.15) is 15.9 Å². The molecular weight excluding hydrogens is 252 g/mol. The fourth-order valence-corrected chi connectivity index (χ4v) is 2.14. The summed E-state index contributed by atoms with van der Waals surface area (Å²) < 4.78 is 0. The summed E-state index contributed by atoms with van der Waals surface area (Å²) in [4.78, 5) is 24.1. The van der Waals surface area contributed by atoms with Gasteiger partial charge in [-0.25, -0.2) is 0 Å². The topological polar surface area (TPSA) is 72.2 Å². The largest absolute Gasteiger partial charge is 0.399 e. The lowest BCUT2D eigenvalue weighted by Crippen LogP contribution is -2.06. The van der Waals surface area contributed by atoms with Crippen molar-refractivity contribution in [1.29, 1.82) is 0 Å². The Morgan fingerprint density at radius 2 is 1.75 bits per heavy atom. The van der Waals surface area contributed by atoms with Crippen LogP contribution in [0.2, 0.25) is 0 Å². The monoisotopic (exact) mass is 264 g/mol. The van der Waals surface area contributed by atoms with Gasteiger partial charge in [-0.2, -0.15) is 0 Å². The van der Waals surface area contributed by atoms with E-state index in [0.29, 0.717) is 16.8 Å². The van der Waals surface area contributed by atoms with E-state index in [9.17, 15) is 9.59 Å². The van der Waals surface area contributed by atoms with Gasteiger partial charge in [0.2, 0.25) is 0 Å². The number of carbonyl (C=O) groups is 2. The molecule has 0 saturated carbocycles. The second kappa shape index (κ2) is 4.66. The highest BCUT2D eigenvalue weighted by Gasteiger charge is 2.24. The van der Waals surface area contributed by atoms with Gasteiger partial charge in [-0.05, 0) is 36.4 Å². The molecule has 2 aromatic rings. The first-order chi connectivity index (χ1) is 9.65. The number of anilines is 2. The molecule has 0 atom stereocenters. The molecule has 4 nitrogen and oxygen atoms in total. The molecule has 98 valence electrons. The predicted octanol–water partition coefficient (Wildman–Crippen LogP) is 2.49. The Kier molecular flexibility index (Phi) is 2.84. The minimum Gasteiger partial charge on any atom is -0.399 e. The Labute approximate surface area is 115 Å². The number of hydrogen-bond acceptors (Lipinski definition) is 3. The van der Waals surface area contributed by atoms with Crippen molar-refractivity contribution in [1.82, 2.24) is 0 Å². The number of nitrogen functional groups attached to an aromatic ring is 1. The molecular formula is C16H12N2O2. The van der Waals surface area contributed by atoms with Gasteiger partial charge >= 0.3 is 0 Å². The van der Waals surface area contributed by atoms with Gasteiger partial charge in [0.15, 0.2) is 5.78 Å². The number of benzene rings is 2. The summed E-state index contributed by atoms with van der Waals surface area (Å²) in [5.74, 6) is -0.471. The van der Waals surface area contributed by atoms with Crippen LogP contribution in [0.5, 0.6) is 0 Å². The number of nitrogens with two attached hydrogens (primary N) is 1. The molecule has 0 aromatic heterocycles. The zero-order valence-electron chi connectivity index (χ0n) is 10.6. The van der Waals surface area contributed by atoms with Gasteiger partial charge in [0.25, 0.3) is 5.91 Å². The molecule has 4 heteroatoms. The van der Waals surface area contributed by atoms with E-state index in [1.54, 1.807) is 24.3 Å². The van der Waals surface area contributed by atoms with Crippen molar-refractivity contribution in [3.05, 3.63) is 65.7 Å². The van der Waals surface area contributed by atoms with Crippen molar-refractivity contribution < 1.29 is 9.59 Å². The summed E-state index contributed by atoms with van der Waals surface area (Å²) in [6, 6.07) is 13.9. The SMILES string of the molecule is Nc1ccc(C(=O)/C=C2/C(=O)Nc3ccccc32)cc1. The molecule has 1 aliphatic rings. The van der Waals surface area contributed by atoms with E-state index >= 15 is 0 Å². The van der Waals surface area contributed by atoms with E-state index in [1.165, 1.54) is 6.08 Å². The van der Waals surface area contributed by atoms with Gasteiger partial charge in [-0.15, -0.1) is 0 Å². The first-order valence-electron chi connectivity index (χ1n) is 6.17. The van der Waals surface area contributed by atoms with Crippen LogP contribution in [-0.2, 0) is 4.79 Å². The van der Waals surface area contributed by atoms with Crippen molar-refractivity contribution in [2.24, 2.45) is 0 Å². The van der Waals surface area contributed by atoms with Crippen LogP contribution in [0.4, 0.5) is 11.4 Å². The summed E-state index contributed by atoms with van der Waals surface area (Å²) >= 11 is 0. The zero-order valence-corrected chi connectivity index (χ0v) is 10.6. The molecule has 2 aromatic carbocycles. The number of rotatable bonds is 2. The van der Waals surface area contributed by atoms with Crippen molar-refractivity contribution in [2.45, 2.75) is 0 Å². The van der Waals surface area contributed by atoms with Crippen LogP contribution in [0.25, 0.3) is 5.57 Å². The van der Waals surface area contributed by atoms with E-state index in [2.05, 4.69) is 5.32 Å². The number of para-hydroxylation sites is 1. The van der Waals surface area contributed by atoms with Crippen molar-refractivity contribution in [3.8, 4) is 0 Å². The first kappa shape index (κ1) is 12.2. The highest BCUT2D eigenvalue weighted by molar-refractivity contribution is 6.35. The summed E-state index contributed by atoms with van der Waals surface area (Å²) in [6.07, 6.45) is 1.37. The fraction of sp³-hybridized carbons (Fsp3) is 0. The number of allylic oxidation sites excluding steroid dienone is 1. The second-order valence-electron chi connectivity index (χ2n) is 4.54. The molecule has 3 rings (SSSR count). The highest BCUT2D eigenvalue weighted by atomic mass is 16.2. The molecule has 0 bridgehead atoms. The van der Waals surface area contributed by atoms with Crippen LogP contribution in [-0.4, -0.2) is 11.7 Å². The van der Waals surface area contributed by atoms with Gasteiger partial charge in [0.1, 0.15) is 0 Å². The van der Waals surface area contributed by atoms with Crippen LogP contribution in [0.3, 0.4) is 0 Å².